The number of methoxy groups -OCH3 is 3. The van der Waals surface area contributed by atoms with Crippen LogP contribution in [0.25, 0.3) is 0 Å². The third-order valence-electron chi connectivity index (χ3n) is 3.73. The minimum Gasteiger partial charge on any atom is -0.493 e. The zero-order valence-corrected chi connectivity index (χ0v) is 15.8. The minimum absolute atomic E-state index is 0.170. The summed E-state index contributed by atoms with van der Waals surface area (Å²) in [5.41, 5.74) is 1.42. The molecule has 0 radical (unpaired) electrons. The van der Waals surface area contributed by atoms with Crippen molar-refractivity contribution in [3.05, 3.63) is 42.0 Å². The zero-order chi connectivity index (χ0) is 19.8. The first-order valence-corrected chi connectivity index (χ1v) is 8.34. The van der Waals surface area contributed by atoms with Crippen LogP contribution in [-0.2, 0) is 16.0 Å². The molecular formula is C20H23NO6. The van der Waals surface area contributed by atoms with Crippen molar-refractivity contribution in [2.75, 3.05) is 26.6 Å². The number of ether oxygens (including phenoxy) is 4. The third kappa shape index (κ3) is 5.64. The van der Waals surface area contributed by atoms with Crippen LogP contribution in [0.1, 0.15) is 18.9 Å². The molecule has 0 spiro atoms. The lowest BCUT2D eigenvalue weighted by Gasteiger charge is -2.14. The van der Waals surface area contributed by atoms with Gasteiger partial charge in [-0.2, -0.15) is 0 Å². The second-order valence-corrected chi connectivity index (χ2v) is 5.72. The first-order chi connectivity index (χ1) is 13.0. The van der Waals surface area contributed by atoms with Gasteiger partial charge in [0.1, 0.15) is 5.75 Å². The van der Waals surface area contributed by atoms with Gasteiger partial charge in [-0.25, -0.2) is 0 Å². The molecule has 0 saturated carbocycles. The monoisotopic (exact) mass is 373 g/mol. The molecule has 2 rings (SSSR count). The van der Waals surface area contributed by atoms with Gasteiger partial charge < -0.3 is 24.3 Å². The summed E-state index contributed by atoms with van der Waals surface area (Å²) < 4.78 is 21.2. The molecule has 0 aliphatic heterocycles. The Bertz CT molecular complexity index is 793. The molecule has 144 valence electrons. The standard InChI is InChI=1S/C20H23NO6/c1-13(22)21-15-6-5-7-16(12-15)27-19(23)9-8-14-10-17(24-2)20(26-4)18(11-14)25-3/h5-7,10-12H,8-9H2,1-4H3,(H,21,22). The fraction of sp³-hybridized carbons (Fsp3) is 0.300. The van der Waals surface area contributed by atoms with Crippen molar-refractivity contribution in [3.8, 4) is 23.0 Å². The van der Waals surface area contributed by atoms with E-state index in [-0.39, 0.29) is 18.3 Å². The Hall–Kier alpha value is -3.22. The van der Waals surface area contributed by atoms with Crippen LogP contribution >= 0.6 is 0 Å². The maximum atomic E-state index is 12.2. The van der Waals surface area contributed by atoms with Crippen molar-refractivity contribution < 1.29 is 28.5 Å². The van der Waals surface area contributed by atoms with Gasteiger partial charge in [0, 0.05) is 25.1 Å². The largest absolute Gasteiger partial charge is 0.493 e. The maximum absolute atomic E-state index is 12.2. The number of esters is 1. The van der Waals surface area contributed by atoms with E-state index in [9.17, 15) is 9.59 Å². The molecule has 2 aromatic rings. The Labute approximate surface area is 158 Å². The van der Waals surface area contributed by atoms with Gasteiger partial charge in [0.15, 0.2) is 11.5 Å². The molecule has 0 aliphatic carbocycles. The zero-order valence-electron chi connectivity index (χ0n) is 15.8. The molecule has 7 nitrogen and oxygen atoms in total. The molecule has 2 aromatic carbocycles. The van der Waals surface area contributed by atoms with Crippen LogP contribution in [0.15, 0.2) is 36.4 Å². The molecule has 0 unspecified atom stereocenters. The number of rotatable bonds is 8. The molecule has 1 N–H and O–H groups in total. The Kier molecular flexibility index (Phi) is 7.05. The normalized spacial score (nSPS) is 10.1. The second-order valence-electron chi connectivity index (χ2n) is 5.72. The van der Waals surface area contributed by atoms with Gasteiger partial charge in [0.05, 0.1) is 21.3 Å². The lowest BCUT2D eigenvalue weighted by molar-refractivity contribution is -0.134. The van der Waals surface area contributed by atoms with Gasteiger partial charge in [-0.3, -0.25) is 9.59 Å². The Balaban J connectivity index is 2.02. The molecule has 7 heteroatoms. The summed E-state index contributed by atoms with van der Waals surface area (Å²) >= 11 is 0. The number of aryl methyl sites for hydroxylation is 1. The summed E-state index contributed by atoms with van der Waals surface area (Å²) in [6.07, 6.45) is 0.615. The van der Waals surface area contributed by atoms with E-state index in [0.29, 0.717) is 35.1 Å². The van der Waals surface area contributed by atoms with Crippen molar-refractivity contribution >= 4 is 17.6 Å². The molecule has 0 atom stereocenters. The predicted molar refractivity (Wildman–Crippen MR) is 101 cm³/mol. The van der Waals surface area contributed by atoms with E-state index in [0.717, 1.165) is 5.56 Å². The van der Waals surface area contributed by atoms with Crippen molar-refractivity contribution in [2.45, 2.75) is 19.8 Å². The highest BCUT2D eigenvalue weighted by molar-refractivity contribution is 5.89. The topological polar surface area (TPSA) is 83.1 Å². The number of carbonyl (C=O) groups is 2. The van der Waals surface area contributed by atoms with Crippen LogP contribution < -0.4 is 24.3 Å². The number of benzene rings is 2. The highest BCUT2D eigenvalue weighted by atomic mass is 16.5. The SMILES string of the molecule is COc1cc(CCC(=O)Oc2cccc(NC(C)=O)c2)cc(OC)c1OC. The average Bonchev–Trinajstić information content (AvgIpc) is 2.65. The fourth-order valence-electron chi connectivity index (χ4n) is 2.55. The maximum Gasteiger partial charge on any atom is 0.311 e. The summed E-state index contributed by atoms with van der Waals surface area (Å²) in [7, 11) is 4.61. The summed E-state index contributed by atoms with van der Waals surface area (Å²) in [6.45, 7) is 1.41. The van der Waals surface area contributed by atoms with Gasteiger partial charge in [-0.05, 0) is 36.2 Å². The van der Waals surface area contributed by atoms with E-state index < -0.39 is 0 Å². The van der Waals surface area contributed by atoms with E-state index >= 15 is 0 Å². The summed E-state index contributed by atoms with van der Waals surface area (Å²) in [6, 6.07) is 10.3. The van der Waals surface area contributed by atoms with Gasteiger partial charge in [0.25, 0.3) is 0 Å². The molecule has 27 heavy (non-hydrogen) atoms. The number of carbonyl (C=O) groups excluding carboxylic acids is 2. The number of amides is 1. The van der Waals surface area contributed by atoms with Gasteiger partial charge >= 0.3 is 5.97 Å². The Morgan fingerprint density at radius 3 is 2.19 bits per heavy atom. The fourth-order valence-corrected chi connectivity index (χ4v) is 2.55. The third-order valence-corrected chi connectivity index (χ3v) is 3.73. The Morgan fingerprint density at radius 1 is 0.963 bits per heavy atom. The van der Waals surface area contributed by atoms with E-state index in [1.54, 1.807) is 36.4 Å². The van der Waals surface area contributed by atoms with Gasteiger partial charge in [-0.15, -0.1) is 0 Å². The molecule has 0 fully saturated rings. The highest BCUT2D eigenvalue weighted by Crippen LogP contribution is 2.38. The van der Waals surface area contributed by atoms with E-state index in [1.165, 1.54) is 28.3 Å². The van der Waals surface area contributed by atoms with Crippen molar-refractivity contribution in [2.24, 2.45) is 0 Å². The number of hydrogen-bond donors (Lipinski definition) is 1. The van der Waals surface area contributed by atoms with Crippen molar-refractivity contribution in [3.63, 3.8) is 0 Å². The number of nitrogens with one attached hydrogen (secondary N) is 1. The predicted octanol–water partition coefficient (Wildman–Crippen LogP) is 3.21. The van der Waals surface area contributed by atoms with Crippen LogP contribution in [0, 0.1) is 0 Å². The smallest absolute Gasteiger partial charge is 0.311 e. The van der Waals surface area contributed by atoms with Crippen LogP contribution in [0.4, 0.5) is 5.69 Å². The molecular weight excluding hydrogens is 350 g/mol. The summed E-state index contributed by atoms with van der Waals surface area (Å²) in [5.74, 6) is 1.35. The van der Waals surface area contributed by atoms with E-state index in [4.69, 9.17) is 18.9 Å². The molecule has 0 heterocycles. The van der Waals surface area contributed by atoms with Crippen molar-refractivity contribution in [1.29, 1.82) is 0 Å². The molecule has 0 aromatic heterocycles. The van der Waals surface area contributed by atoms with Crippen LogP contribution in [0.3, 0.4) is 0 Å². The van der Waals surface area contributed by atoms with Crippen LogP contribution in [0.5, 0.6) is 23.0 Å². The van der Waals surface area contributed by atoms with Gasteiger partial charge in [0.2, 0.25) is 11.7 Å². The molecule has 1 amide bonds. The summed E-state index contributed by atoms with van der Waals surface area (Å²) in [5, 5.41) is 2.64. The first-order valence-electron chi connectivity index (χ1n) is 8.34. The highest BCUT2D eigenvalue weighted by Gasteiger charge is 2.14. The van der Waals surface area contributed by atoms with E-state index in [1.807, 2.05) is 0 Å². The van der Waals surface area contributed by atoms with Gasteiger partial charge in [-0.1, -0.05) is 6.07 Å². The molecule has 0 bridgehead atoms. The number of anilines is 1. The Morgan fingerprint density at radius 2 is 1.63 bits per heavy atom. The van der Waals surface area contributed by atoms with Crippen LogP contribution in [-0.4, -0.2) is 33.2 Å². The minimum atomic E-state index is -0.385. The molecule has 0 aliphatic rings. The lowest BCUT2D eigenvalue weighted by Crippen LogP contribution is -2.10. The quantitative estimate of drug-likeness (QED) is 0.565. The second kappa shape index (κ2) is 9.47. The van der Waals surface area contributed by atoms with Crippen LogP contribution in [0.2, 0.25) is 0 Å². The van der Waals surface area contributed by atoms with E-state index in [2.05, 4.69) is 5.32 Å². The number of hydrogen-bond acceptors (Lipinski definition) is 6. The average molecular weight is 373 g/mol. The molecule has 0 saturated heterocycles. The summed E-state index contributed by atoms with van der Waals surface area (Å²) in [4.78, 5) is 23.3. The van der Waals surface area contributed by atoms with Crippen molar-refractivity contribution in [1.82, 2.24) is 0 Å². The first kappa shape index (κ1) is 20.1. The lowest BCUT2D eigenvalue weighted by atomic mass is 10.1.